The first kappa shape index (κ1) is 19.0. The van der Waals surface area contributed by atoms with E-state index in [4.69, 9.17) is 9.47 Å². The van der Waals surface area contributed by atoms with Crippen molar-refractivity contribution in [3.63, 3.8) is 0 Å². The molecular weight excluding hydrogens is 300 g/mol. The van der Waals surface area contributed by atoms with Crippen molar-refractivity contribution in [3.8, 4) is 0 Å². The Morgan fingerprint density at radius 3 is 2.30 bits per heavy atom. The molecule has 7 nitrogen and oxygen atoms in total. The summed E-state index contributed by atoms with van der Waals surface area (Å²) in [6, 6.07) is -0.779. The van der Waals surface area contributed by atoms with E-state index in [1.54, 1.807) is 27.7 Å². The summed E-state index contributed by atoms with van der Waals surface area (Å²) in [7, 11) is 1.32. The molecule has 2 amide bonds. The number of nitrogens with one attached hydrogen (secondary N) is 2. The van der Waals surface area contributed by atoms with E-state index in [1.165, 1.54) is 7.11 Å². The lowest BCUT2D eigenvalue weighted by atomic mass is 9.96. The Balaban J connectivity index is 2.68. The highest BCUT2D eigenvalue weighted by Crippen LogP contribution is 2.23. The summed E-state index contributed by atoms with van der Waals surface area (Å²) in [5.41, 5.74) is 0.437. The maximum absolute atomic E-state index is 12.2. The maximum Gasteiger partial charge on any atom is 0.408 e. The largest absolute Gasteiger partial charge is 0.466 e. The van der Waals surface area contributed by atoms with Gasteiger partial charge in [0.05, 0.1) is 12.7 Å². The molecule has 7 heteroatoms. The molecule has 0 aliphatic heterocycles. The molecule has 1 aliphatic rings. The zero-order valence-corrected chi connectivity index (χ0v) is 14.4. The van der Waals surface area contributed by atoms with Crippen molar-refractivity contribution >= 4 is 18.0 Å². The van der Waals surface area contributed by atoms with Crippen LogP contribution in [-0.2, 0) is 19.1 Å². The van der Waals surface area contributed by atoms with Crippen molar-refractivity contribution < 1.29 is 23.9 Å². The van der Waals surface area contributed by atoms with E-state index in [0.717, 1.165) is 12.8 Å². The second-order valence-corrected chi connectivity index (χ2v) is 6.51. The van der Waals surface area contributed by atoms with Crippen molar-refractivity contribution in [2.24, 2.45) is 0 Å². The van der Waals surface area contributed by atoms with E-state index in [1.807, 2.05) is 0 Å². The zero-order valence-electron chi connectivity index (χ0n) is 14.4. The zero-order chi connectivity index (χ0) is 17.6. The van der Waals surface area contributed by atoms with Gasteiger partial charge in [0.25, 0.3) is 0 Å². The predicted molar refractivity (Wildman–Crippen MR) is 84.5 cm³/mol. The molecule has 0 spiro atoms. The number of allylic oxidation sites excluding steroid dienone is 1. The first-order valence-electron chi connectivity index (χ1n) is 7.74. The van der Waals surface area contributed by atoms with Crippen LogP contribution in [-0.4, -0.2) is 36.7 Å². The van der Waals surface area contributed by atoms with Crippen LogP contribution in [0.2, 0.25) is 0 Å². The summed E-state index contributed by atoms with van der Waals surface area (Å²) in [6.45, 7) is 6.78. The van der Waals surface area contributed by atoms with Gasteiger partial charge >= 0.3 is 12.1 Å². The Morgan fingerprint density at radius 1 is 1.13 bits per heavy atom. The van der Waals surface area contributed by atoms with Gasteiger partial charge in [-0.2, -0.15) is 0 Å². The van der Waals surface area contributed by atoms with Gasteiger partial charge < -0.3 is 20.1 Å². The van der Waals surface area contributed by atoms with Crippen LogP contribution in [0.3, 0.4) is 0 Å². The molecule has 0 aromatic heterocycles. The number of methoxy groups -OCH3 is 1. The number of ether oxygens (including phenoxy) is 2. The van der Waals surface area contributed by atoms with E-state index in [-0.39, 0.29) is 0 Å². The second kappa shape index (κ2) is 7.99. The molecular formula is C16H26N2O5. The molecule has 0 unspecified atom stereocenters. The highest BCUT2D eigenvalue weighted by atomic mass is 16.6. The van der Waals surface area contributed by atoms with Gasteiger partial charge in [0.15, 0.2) is 0 Å². The summed E-state index contributed by atoms with van der Waals surface area (Å²) in [6.07, 6.45) is 2.30. The third-order valence-corrected chi connectivity index (χ3v) is 3.30. The van der Waals surface area contributed by atoms with Crippen LogP contribution in [0.4, 0.5) is 4.79 Å². The molecule has 0 radical (unpaired) electrons. The summed E-state index contributed by atoms with van der Waals surface area (Å²) >= 11 is 0. The first-order chi connectivity index (χ1) is 10.6. The lowest BCUT2D eigenvalue weighted by molar-refractivity contribution is -0.136. The van der Waals surface area contributed by atoms with Crippen molar-refractivity contribution in [3.05, 3.63) is 11.3 Å². The number of carbonyl (C=O) groups excluding carboxylic acids is 3. The summed E-state index contributed by atoms with van der Waals surface area (Å²) in [4.78, 5) is 35.6. The molecule has 0 aromatic carbocycles. The molecule has 2 N–H and O–H groups in total. The van der Waals surface area contributed by atoms with E-state index in [0.29, 0.717) is 24.1 Å². The number of rotatable bonds is 4. The SMILES string of the molecule is COC(=O)C1=C(NC(=O)[C@@H](C)NC(=O)OC(C)(C)C)CCCC1. The first-order valence-corrected chi connectivity index (χ1v) is 7.74. The third-order valence-electron chi connectivity index (χ3n) is 3.30. The maximum atomic E-state index is 12.2. The monoisotopic (exact) mass is 326 g/mol. The molecule has 0 heterocycles. The van der Waals surface area contributed by atoms with Gasteiger partial charge in [-0.1, -0.05) is 0 Å². The normalized spacial score (nSPS) is 16.4. The number of carbonyl (C=O) groups is 3. The second-order valence-electron chi connectivity index (χ2n) is 6.51. The average molecular weight is 326 g/mol. The molecule has 1 atom stereocenters. The minimum absolute atomic E-state index is 0.394. The molecule has 0 bridgehead atoms. The van der Waals surface area contributed by atoms with Gasteiger partial charge in [-0.15, -0.1) is 0 Å². The molecule has 1 rings (SSSR count). The molecule has 130 valence electrons. The standard InChI is InChI=1S/C16H26N2O5/c1-10(17-15(21)23-16(2,3)4)13(19)18-12-9-7-6-8-11(12)14(20)22-5/h10H,6-9H2,1-5H3,(H,17,21)(H,18,19)/t10-/m1/s1. The smallest absolute Gasteiger partial charge is 0.408 e. The van der Waals surface area contributed by atoms with E-state index in [9.17, 15) is 14.4 Å². The van der Waals surface area contributed by atoms with Crippen molar-refractivity contribution in [2.45, 2.75) is 65.0 Å². The average Bonchev–Trinajstić information content (AvgIpc) is 2.44. The van der Waals surface area contributed by atoms with Gasteiger partial charge in [-0.3, -0.25) is 4.79 Å². The Kier molecular flexibility index (Phi) is 6.60. The van der Waals surface area contributed by atoms with E-state index >= 15 is 0 Å². The van der Waals surface area contributed by atoms with Gasteiger partial charge in [-0.05, 0) is 53.4 Å². The van der Waals surface area contributed by atoms with Crippen LogP contribution < -0.4 is 10.6 Å². The molecule has 0 aromatic rings. The number of alkyl carbamates (subject to hydrolysis) is 1. The predicted octanol–water partition coefficient (Wildman–Crippen LogP) is 2.02. The molecule has 23 heavy (non-hydrogen) atoms. The quantitative estimate of drug-likeness (QED) is 0.771. The topological polar surface area (TPSA) is 93.7 Å². The van der Waals surface area contributed by atoms with Crippen LogP contribution in [0.1, 0.15) is 53.4 Å². The van der Waals surface area contributed by atoms with E-state index < -0.39 is 29.6 Å². The Morgan fingerprint density at radius 2 is 1.74 bits per heavy atom. The molecule has 1 aliphatic carbocycles. The minimum atomic E-state index is -0.779. The molecule has 0 saturated carbocycles. The van der Waals surface area contributed by atoms with Crippen LogP contribution in [0.5, 0.6) is 0 Å². The van der Waals surface area contributed by atoms with E-state index in [2.05, 4.69) is 10.6 Å². The fourth-order valence-corrected chi connectivity index (χ4v) is 2.20. The van der Waals surface area contributed by atoms with Gasteiger partial charge in [0.2, 0.25) is 5.91 Å². The third kappa shape index (κ3) is 6.30. The lowest BCUT2D eigenvalue weighted by Crippen LogP contribution is -2.46. The number of esters is 1. The number of hydrogen-bond donors (Lipinski definition) is 2. The summed E-state index contributed by atoms with van der Waals surface area (Å²) in [5.74, 6) is -0.818. The van der Waals surface area contributed by atoms with Crippen LogP contribution in [0, 0.1) is 0 Å². The Bertz CT molecular complexity index is 505. The Labute approximate surface area is 136 Å². The highest BCUT2D eigenvalue weighted by molar-refractivity contribution is 5.92. The Hall–Kier alpha value is -2.05. The van der Waals surface area contributed by atoms with Crippen molar-refractivity contribution in [1.82, 2.24) is 10.6 Å². The fraction of sp³-hybridized carbons (Fsp3) is 0.688. The summed E-state index contributed by atoms with van der Waals surface area (Å²) in [5, 5.41) is 5.19. The highest BCUT2D eigenvalue weighted by Gasteiger charge is 2.25. The fourth-order valence-electron chi connectivity index (χ4n) is 2.20. The van der Waals surface area contributed by atoms with Crippen LogP contribution in [0.15, 0.2) is 11.3 Å². The number of hydrogen-bond acceptors (Lipinski definition) is 5. The van der Waals surface area contributed by atoms with Crippen molar-refractivity contribution in [1.29, 1.82) is 0 Å². The van der Waals surface area contributed by atoms with Gasteiger partial charge in [-0.25, -0.2) is 9.59 Å². The molecule has 0 fully saturated rings. The van der Waals surface area contributed by atoms with Gasteiger partial charge in [0.1, 0.15) is 11.6 Å². The minimum Gasteiger partial charge on any atom is -0.466 e. The van der Waals surface area contributed by atoms with Crippen LogP contribution >= 0.6 is 0 Å². The van der Waals surface area contributed by atoms with Crippen LogP contribution in [0.25, 0.3) is 0 Å². The molecule has 0 saturated heterocycles. The van der Waals surface area contributed by atoms with Crippen molar-refractivity contribution in [2.75, 3.05) is 7.11 Å². The van der Waals surface area contributed by atoms with Gasteiger partial charge in [0, 0.05) is 5.70 Å². The lowest BCUT2D eigenvalue weighted by Gasteiger charge is -2.23. The summed E-state index contributed by atoms with van der Waals surface area (Å²) < 4.78 is 9.85. The number of amides is 2.